The van der Waals surface area contributed by atoms with E-state index < -0.39 is 11.3 Å². The lowest BCUT2D eigenvalue weighted by Crippen LogP contribution is -1.97. The molecule has 1 rings (SSSR count). The number of nitrogens with zero attached hydrogens (tertiary/aromatic N) is 1. The third-order valence-electron chi connectivity index (χ3n) is 1.70. The highest BCUT2D eigenvalue weighted by molar-refractivity contribution is 7.76. The van der Waals surface area contributed by atoms with Crippen LogP contribution in [0.25, 0.3) is 0 Å². The van der Waals surface area contributed by atoms with Gasteiger partial charge >= 0.3 is 0 Å². The van der Waals surface area contributed by atoms with Crippen LogP contribution in [0, 0.1) is 0 Å². The number of pyridine rings is 1. The van der Waals surface area contributed by atoms with Crippen molar-refractivity contribution in [2.24, 2.45) is 5.14 Å². The minimum absolute atomic E-state index is 1.05. The predicted octanol–water partition coefficient (Wildman–Crippen LogP) is 0.946. The lowest BCUT2D eigenvalue weighted by Gasteiger charge is -2.01. The van der Waals surface area contributed by atoms with Crippen LogP contribution in [0.2, 0.25) is 0 Å². The molecule has 0 aliphatic rings. The first kappa shape index (κ1) is 13.2. The van der Waals surface area contributed by atoms with Crippen molar-refractivity contribution in [1.29, 1.82) is 0 Å². The maximum atomic E-state index is 8.78. The quantitative estimate of drug-likeness (QED) is 0.746. The van der Waals surface area contributed by atoms with Crippen molar-refractivity contribution in [2.75, 3.05) is 0 Å². The summed E-state index contributed by atoms with van der Waals surface area (Å²) in [6.07, 6.45) is 4.00. The maximum absolute atomic E-state index is 8.78. The molecule has 0 spiro atoms. The second-order valence-corrected chi connectivity index (χ2v) is 3.10. The topological polar surface area (TPSA) is 79.0 Å². The highest BCUT2D eigenvalue weighted by Crippen LogP contribution is 2.05. The molecule has 1 unspecified atom stereocenters. The summed E-state index contributed by atoms with van der Waals surface area (Å²) in [7, 11) is 0. The molecule has 0 radical (unpaired) electrons. The minimum atomic E-state index is -2.36. The molecule has 0 aromatic carbocycles. The van der Waals surface area contributed by atoms with E-state index in [0.29, 0.717) is 0 Å². The fourth-order valence-corrected chi connectivity index (χ4v) is 1.11. The molecule has 0 fully saturated rings. The summed E-state index contributed by atoms with van der Waals surface area (Å²) < 4.78 is 17.6. The Hall–Kier alpha value is -0.780. The molecule has 1 heterocycles. The summed E-state index contributed by atoms with van der Waals surface area (Å²) in [6, 6.07) is 4.14. The van der Waals surface area contributed by atoms with Gasteiger partial charge in [-0.15, -0.1) is 0 Å². The van der Waals surface area contributed by atoms with Gasteiger partial charge in [0.05, 0.1) is 0 Å². The highest BCUT2D eigenvalue weighted by Gasteiger charge is 1.95. The highest BCUT2D eigenvalue weighted by atomic mass is 32.2. The van der Waals surface area contributed by atoms with Gasteiger partial charge in [0, 0.05) is 23.2 Å². The van der Waals surface area contributed by atoms with Gasteiger partial charge in [-0.2, -0.15) is 0 Å². The Balaban J connectivity index is 0.000000364. The van der Waals surface area contributed by atoms with E-state index in [9.17, 15) is 0 Å². The second-order valence-electron chi connectivity index (χ2n) is 2.58. The molecule has 80 valence electrons. The third-order valence-corrected chi connectivity index (χ3v) is 1.70. The summed E-state index contributed by atoms with van der Waals surface area (Å²) in [5.74, 6) is 0. The first-order chi connectivity index (χ1) is 6.61. The zero-order chi connectivity index (χ0) is 11.0. The van der Waals surface area contributed by atoms with E-state index >= 15 is 0 Å². The predicted molar refractivity (Wildman–Crippen MR) is 56.1 cm³/mol. The Morgan fingerprint density at radius 2 is 2.07 bits per heavy atom. The zero-order valence-electron chi connectivity index (χ0n) is 8.40. The average molecular weight is 215 g/mol. The molecule has 2 N–H and O–H groups in total. The van der Waals surface area contributed by atoms with Gasteiger partial charge in [0.25, 0.3) is 0 Å². The van der Waals surface area contributed by atoms with E-state index in [1.165, 1.54) is 11.3 Å². The maximum Gasteiger partial charge on any atom is 0.0432 e. The number of aryl methyl sites for hydroxylation is 2. The van der Waals surface area contributed by atoms with Crippen LogP contribution in [0.1, 0.15) is 25.1 Å². The van der Waals surface area contributed by atoms with Crippen molar-refractivity contribution in [2.45, 2.75) is 26.7 Å². The molecule has 0 saturated heterocycles. The summed E-state index contributed by atoms with van der Waals surface area (Å²) >= 11 is -2.36. The van der Waals surface area contributed by atoms with Crippen molar-refractivity contribution in [1.82, 2.24) is 4.98 Å². The van der Waals surface area contributed by atoms with E-state index in [-0.39, 0.29) is 0 Å². The fraction of sp³-hybridized carbons (Fsp3) is 0.444. The Kier molecular flexibility index (Phi) is 7.18. The number of nitrogens with two attached hydrogens (primary N) is 1. The van der Waals surface area contributed by atoms with Crippen molar-refractivity contribution < 1.29 is 8.76 Å². The van der Waals surface area contributed by atoms with Crippen LogP contribution in [0.3, 0.4) is 0 Å². The van der Waals surface area contributed by atoms with Gasteiger partial charge in [0.15, 0.2) is 0 Å². The van der Waals surface area contributed by atoms with Crippen molar-refractivity contribution >= 4 is 11.3 Å². The van der Waals surface area contributed by atoms with Crippen LogP contribution in [0.15, 0.2) is 18.3 Å². The smallest absolute Gasteiger partial charge is 0.0432 e. The number of rotatable bonds is 2. The van der Waals surface area contributed by atoms with Gasteiger partial charge in [-0.05, 0) is 24.5 Å². The number of hydrogen-bond donors (Lipinski definition) is 1. The first-order valence-electron chi connectivity index (χ1n) is 4.38. The largest absolute Gasteiger partial charge is 0.760 e. The van der Waals surface area contributed by atoms with Crippen LogP contribution < -0.4 is 5.14 Å². The number of hydrogen-bond acceptors (Lipinski definition) is 3. The first-order valence-corrected chi connectivity index (χ1v) is 5.52. The molecule has 14 heavy (non-hydrogen) atoms. The Labute approximate surface area is 87.0 Å². The molecular formula is C9H15N2O2S-. The van der Waals surface area contributed by atoms with Crippen LogP contribution >= 0.6 is 0 Å². The SMILES string of the molecule is CCc1cccnc1CC.NS(=O)[O-]. The molecule has 0 bridgehead atoms. The molecule has 5 heteroatoms. The lowest BCUT2D eigenvalue weighted by molar-refractivity contribution is 0.539. The molecule has 0 aliphatic heterocycles. The zero-order valence-corrected chi connectivity index (χ0v) is 9.21. The lowest BCUT2D eigenvalue weighted by atomic mass is 10.1. The number of aromatic nitrogens is 1. The van der Waals surface area contributed by atoms with Gasteiger partial charge in [-0.1, -0.05) is 19.9 Å². The Morgan fingerprint density at radius 1 is 1.50 bits per heavy atom. The van der Waals surface area contributed by atoms with Gasteiger partial charge in [-0.25, -0.2) is 0 Å². The molecule has 1 aromatic rings. The van der Waals surface area contributed by atoms with Gasteiger partial charge in [-0.3, -0.25) is 14.3 Å². The minimum Gasteiger partial charge on any atom is -0.760 e. The van der Waals surface area contributed by atoms with Crippen LogP contribution in [0.5, 0.6) is 0 Å². The Bertz CT molecular complexity index is 265. The van der Waals surface area contributed by atoms with Gasteiger partial charge in [0.2, 0.25) is 0 Å². The van der Waals surface area contributed by atoms with Gasteiger partial charge in [0.1, 0.15) is 0 Å². The van der Waals surface area contributed by atoms with Crippen LogP contribution in [-0.4, -0.2) is 13.7 Å². The summed E-state index contributed by atoms with van der Waals surface area (Å²) in [5.41, 5.74) is 2.62. The summed E-state index contributed by atoms with van der Waals surface area (Å²) in [4.78, 5) is 4.27. The molecule has 0 aliphatic carbocycles. The van der Waals surface area contributed by atoms with Crippen molar-refractivity contribution in [3.63, 3.8) is 0 Å². The summed E-state index contributed by atoms with van der Waals surface area (Å²) in [5, 5.41) is 4.03. The monoisotopic (exact) mass is 215 g/mol. The van der Waals surface area contributed by atoms with Crippen LogP contribution in [0.4, 0.5) is 0 Å². The van der Waals surface area contributed by atoms with Crippen molar-refractivity contribution in [3.05, 3.63) is 29.6 Å². The van der Waals surface area contributed by atoms with Crippen molar-refractivity contribution in [3.8, 4) is 0 Å². The van der Waals surface area contributed by atoms with Gasteiger partial charge < -0.3 is 4.55 Å². The summed E-state index contributed by atoms with van der Waals surface area (Å²) in [6.45, 7) is 4.30. The van der Waals surface area contributed by atoms with E-state index in [1.54, 1.807) is 0 Å². The molecule has 0 saturated carbocycles. The third kappa shape index (κ3) is 5.80. The standard InChI is InChI=1S/C9H13N.H3NO2S/c1-3-8-6-5-7-10-9(8)4-2;1-4(2)3/h5-7H,3-4H2,1-2H3;1H2,(H,2,3)/p-1. The van der Waals surface area contributed by atoms with E-state index in [1.807, 2.05) is 12.3 Å². The molecule has 1 atom stereocenters. The normalized spacial score (nSPS) is 11.4. The van der Waals surface area contributed by atoms with E-state index in [4.69, 9.17) is 8.76 Å². The molecule has 4 nitrogen and oxygen atoms in total. The fourth-order valence-electron chi connectivity index (χ4n) is 1.11. The molecule has 0 amide bonds. The Morgan fingerprint density at radius 3 is 2.43 bits per heavy atom. The average Bonchev–Trinajstić information content (AvgIpc) is 2.17. The molecule has 1 aromatic heterocycles. The van der Waals surface area contributed by atoms with E-state index in [2.05, 4.69) is 30.0 Å². The van der Waals surface area contributed by atoms with E-state index in [0.717, 1.165) is 12.8 Å². The molecular weight excluding hydrogens is 200 g/mol. The second kappa shape index (κ2) is 7.61. The van der Waals surface area contributed by atoms with Crippen LogP contribution in [-0.2, 0) is 24.1 Å².